The molecule has 1 aliphatic heterocycles. The van der Waals surface area contributed by atoms with Gasteiger partial charge in [0.05, 0.1) is 23.9 Å². The van der Waals surface area contributed by atoms with Crippen LogP contribution in [0.5, 0.6) is 5.75 Å². The van der Waals surface area contributed by atoms with Gasteiger partial charge in [0.2, 0.25) is 0 Å². The molecular weight excluding hydrogens is 410 g/mol. The highest BCUT2D eigenvalue weighted by atomic mass is 35.5. The Kier molecular flexibility index (Phi) is 5.17. The number of amides is 2. The molecule has 0 fully saturated rings. The number of carbonyl (C=O) groups excluding carboxylic acids is 2. The van der Waals surface area contributed by atoms with Gasteiger partial charge in [-0.25, -0.2) is 4.98 Å². The quantitative estimate of drug-likeness (QED) is 0.656. The highest BCUT2D eigenvalue weighted by Crippen LogP contribution is 2.41. The molecule has 0 saturated heterocycles. The van der Waals surface area contributed by atoms with Crippen LogP contribution in [0.3, 0.4) is 0 Å². The van der Waals surface area contributed by atoms with Gasteiger partial charge in [0, 0.05) is 28.9 Å². The van der Waals surface area contributed by atoms with Crippen LogP contribution in [0.1, 0.15) is 20.7 Å². The van der Waals surface area contributed by atoms with E-state index in [1.807, 2.05) is 6.07 Å². The number of carbonyl (C=O) groups is 2. The van der Waals surface area contributed by atoms with Crippen molar-refractivity contribution in [2.75, 3.05) is 24.4 Å². The third-order valence-corrected chi connectivity index (χ3v) is 5.80. The minimum absolute atomic E-state index is 0.125. The molecule has 1 N–H and O–H groups in total. The molecule has 1 aromatic heterocycles. The minimum Gasteiger partial charge on any atom is -0.496 e. The largest absolute Gasteiger partial charge is 0.496 e. The second-order valence-corrected chi connectivity index (χ2v) is 7.77. The molecule has 2 heterocycles. The maximum atomic E-state index is 12.8. The summed E-state index contributed by atoms with van der Waals surface area (Å²) in [7, 11) is 3.22. The fourth-order valence-electron chi connectivity index (χ4n) is 3.04. The van der Waals surface area contributed by atoms with Crippen LogP contribution in [0.15, 0.2) is 64.6 Å². The van der Waals surface area contributed by atoms with Crippen LogP contribution in [-0.4, -0.2) is 31.0 Å². The molecular formula is C21H16ClN3O3S. The van der Waals surface area contributed by atoms with Crippen LogP contribution in [-0.2, 0) is 0 Å². The molecule has 1 aliphatic rings. The molecule has 2 aromatic carbocycles. The lowest BCUT2D eigenvalue weighted by atomic mass is 10.1. The van der Waals surface area contributed by atoms with Gasteiger partial charge in [-0.1, -0.05) is 23.4 Å². The maximum Gasteiger partial charge on any atom is 0.260 e. The fraction of sp³-hybridized carbons (Fsp3) is 0.0952. The van der Waals surface area contributed by atoms with Gasteiger partial charge in [-0.2, -0.15) is 0 Å². The van der Waals surface area contributed by atoms with Gasteiger partial charge in [-0.05, 0) is 48.5 Å². The zero-order valence-electron chi connectivity index (χ0n) is 15.6. The molecule has 8 heteroatoms. The van der Waals surface area contributed by atoms with Gasteiger partial charge in [-0.3, -0.25) is 9.59 Å². The number of hydrogen-bond donors (Lipinski definition) is 1. The second kappa shape index (κ2) is 7.77. The van der Waals surface area contributed by atoms with Crippen molar-refractivity contribution in [3.05, 3.63) is 70.9 Å². The molecule has 2 amide bonds. The number of fused-ring (bicyclic) bond motifs is 2. The molecule has 0 saturated carbocycles. The van der Waals surface area contributed by atoms with Crippen molar-refractivity contribution in [3.63, 3.8) is 0 Å². The van der Waals surface area contributed by atoms with E-state index in [9.17, 15) is 9.59 Å². The first-order valence-electron chi connectivity index (χ1n) is 8.68. The summed E-state index contributed by atoms with van der Waals surface area (Å²) >= 11 is 7.42. The average molecular weight is 426 g/mol. The zero-order valence-corrected chi connectivity index (χ0v) is 17.2. The smallest absolute Gasteiger partial charge is 0.260 e. The Morgan fingerprint density at radius 2 is 2.03 bits per heavy atom. The second-order valence-electron chi connectivity index (χ2n) is 6.30. The molecule has 29 heavy (non-hydrogen) atoms. The number of ether oxygens (including phenoxy) is 1. The van der Waals surface area contributed by atoms with E-state index in [4.69, 9.17) is 16.3 Å². The Bertz CT molecular complexity index is 1140. The summed E-state index contributed by atoms with van der Waals surface area (Å²) < 4.78 is 5.26. The number of aromatic nitrogens is 1. The summed E-state index contributed by atoms with van der Waals surface area (Å²) in [6, 6.07) is 13.7. The first-order valence-corrected chi connectivity index (χ1v) is 9.87. The molecule has 146 valence electrons. The number of halogens is 1. The molecule has 3 aromatic rings. The Balaban J connectivity index is 1.68. The van der Waals surface area contributed by atoms with E-state index in [0.29, 0.717) is 32.6 Å². The first kappa shape index (κ1) is 19.3. The molecule has 0 spiro atoms. The van der Waals surface area contributed by atoms with E-state index >= 15 is 0 Å². The maximum absolute atomic E-state index is 12.8. The average Bonchev–Trinajstić information content (AvgIpc) is 2.83. The van der Waals surface area contributed by atoms with E-state index in [-0.39, 0.29) is 11.8 Å². The van der Waals surface area contributed by atoms with Crippen LogP contribution in [0.4, 0.5) is 11.4 Å². The van der Waals surface area contributed by atoms with Crippen LogP contribution in [0, 0.1) is 0 Å². The van der Waals surface area contributed by atoms with Gasteiger partial charge in [0.1, 0.15) is 10.8 Å². The van der Waals surface area contributed by atoms with Crippen LogP contribution in [0.2, 0.25) is 5.02 Å². The SMILES string of the molecule is COc1ccc(Cl)cc1C(=O)Nc1ccc2c(c1)Sc1ncccc1C(=O)N2C. The lowest BCUT2D eigenvalue weighted by Crippen LogP contribution is -2.26. The highest BCUT2D eigenvalue weighted by molar-refractivity contribution is 7.99. The van der Waals surface area contributed by atoms with E-state index in [1.165, 1.54) is 18.9 Å². The Hall–Kier alpha value is -3.03. The summed E-state index contributed by atoms with van der Waals surface area (Å²) in [4.78, 5) is 32.2. The molecule has 0 aliphatic carbocycles. The third-order valence-electron chi connectivity index (χ3n) is 4.50. The van der Waals surface area contributed by atoms with Crippen molar-refractivity contribution in [3.8, 4) is 5.75 Å². The van der Waals surface area contributed by atoms with Crippen molar-refractivity contribution in [2.24, 2.45) is 0 Å². The van der Waals surface area contributed by atoms with Crippen molar-refractivity contribution >= 4 is 46.6 Å². The molecule has 0 atom stereocenters. The lowest BCUT2D eigenvalue weighted by Gasteiger charge is -2.18. The van der Waals surface area contributed by atoms with E-state index in [0.717, 1.165) is 10.6 Å². The van der Waals surface area contributed by atoms with Crippen molar-refractivity contribution < 1.29 is 14.3 Å². The zero-order chi connectivity index (χ0) is 20.5. The Morgan fingerprint density at radius 3 is 2.83 bits per heavy atom. The minimum atomic E-state index is -0.342. The summed E-state index contributed by atoms with van der Waals surface area (Å²) in [5.74, 6) is -0.0369. The predicted octanol–water partition coefficient (Wildman–Crippen LogP) is 4.74. The van der Waals surface area contributed by atoms with Gasteiger partial charge >= 0.3 is 0 Å². The van der Waals surface area contributed by atoms with Gasteiger partial charge < -0.3 is 15.0 Å². The van der Waals surface area contributed by atoms with Crippen molar-refractivity contribution in [2.45, 2.75) is 9.92 Å². The number of nitrogens with one attached hydrogen (secondary N) is 1. The molecule has 0 bridgehead atoms. The van der Waals surface area contributed by atoms with Crippen LogP contribution < -0.4 is 15.0 Å². The Morgan fingerprint density at radius 1 is 1.21 bits per heavy atom. The van der Waals surface area contributed by atoms with E-state index in [2.05, 4.69) is 10.3 Å². The molecule has 0 unspecified atom stereocenters. The predicted molar refractivity (Wildman–Crippen MR) is 113 cm³/mol. The summed E-state index contributed by atoms with van der Waals surface area (Å²) in [6.45, 7) is 0. The van der Waals surface area contributed by atoms with Crippen molar-refractivity contribution in [1.29, 1.82) is 0 Å². The number of rotatable bonds is 3. The first-order chi connectivity index (χ1) is 14.0. The number of hydrogen-bond acceptors (Lipinski definition) is 5. The van der Waals surface area contributed by atoms with Gasteiger partial charge in [0.15, 0.2) is 0 Å². The summed E-state index contributed by atoms with van der Waals surface area (Å²) in [5.41, 5.74) is 2.21. The fourth-order valence-corrected chi connectivity index (χ4v) is 4.29. The monoisotopic (exact) mass is 425 g/mol. The molecule has 4 rings (SSSR count). The lowest BCUT2D eigenvalue weighted by molar-refractivity contribution is 0.0987. The number of benzene rings is 2. The topological polar surface area (TPSA) is 71.5 Å². The Labute approximate surface area is 176 Å². The molecule has 6 nitrogen and oxygen atoms in total. The van der Waals surface area contributed by atoms with E-state index in [1.54, 1.807) is 60.6 Å². The standard InChI is InChI=1S/C21H16ClN3O3S/c1-25-16-7-6-13(24-19(26)15-10-12(22)5-8-17(15)28-2)11-18(16)29-20-14(21(25)27)4-3-9-23-20/h3-11H,1-2H3,(H,24,26). The van der Waals surface area contributed by atoms with Crippen LogP contribution in [0.25, 0.3) is 0 Å². The van der Waals surface area contributed by atoms with Gasteiger partial charge in [-0.15, -0.1) is 0 Å². The van der Waals surface area contributed by atoms with Crippen LogP contribution >= 0.6 is 23.4 Å². The normalized spacial score (nSPS) is 12.7. The number of anilines is 2. The molecule has 0 radical (unpaired) electrons. The third kappa shape index (κ3) is 3.66. The van der Waals surface area contributed by atoms with Crippen molar-refractivity contribution in [1.82, 2.24) is 4.98 Å². The number of methoxy groups -OCH3 is 1. The van der Waals surface area contributed by atoms with E-state index < -0.39 is 0 Å². The highest BCUT2D eigenvalue weighted by Gasteiger charge is 2.26. The number of nitrogens with zero attached hydrogens (tertiary/aromatic N) is 2. The van der Waals surface area contributed by atoms with Gasteiger partial charge in [0.25, 0.3) is 11.8 Å². The summed E-state index contributed by atoms with van der Waals surface area (Å²) in [6.07, 6.45) is 1.65. The number of pyridine rings is 1. The summed E-state index contributed by atoms with van der Waals surface area (Å²) in [5, 5.41) is 3.93.